The molecule has 0 saturated carbocycles. The molecule has 2 heterocycles. The van der Waals surface area contributed by atoms with E-state index in [4.69, 9.17) is 4.74 Å². The normalized spacial score (nSPS) is 19.2. The molecule has 1 aromatic rings. The summed E-state index contributed by atoms with van der Waals surface area (Å²) < 4.78 is 7.12. The second kappa shape index (κ2) is 6.68. The molecule has 0 radical (unpaired) electrons. The summed E-state index contributed by atoms with van der Waals surface area (Å²) in [4.78, 5) is 14.1. The largest absolute Gasteiger partial charge is 0.378 e. The molecule has 2 rings (SSSR count). The highest BCUT2D eigenvalue weighted by Crippen LogP contribution is 2.02. The van der Waals surface area contributed by atoms with E-state index in [1.807, 2.05) is 28.8 Å². The first-order valence-corrected chi connectivity index (χ1v) is 6.77. The highest BCUT2D eigenvalue weighted by Gasteiger charge is 2.23. The smallest absolute Gasteiger partial charge is 0.239 e. The van der Waals surface area contributed by atoms with Gasteiger partial charge < -0.3 is 15.0 Å². The third kappa shape index (κ3) is 4.04. The molecule has 2 unspecified atom stereocenters. The van der Waals surface area contributed by atoms with Crippen molar-refractivity contribution in [3.05, 3.63) is 18.5 Å². The van der Waals surface area contributed by atoms with Crippen molar-refractivity contribution < 1.29 is 9.53 Å². The Kier molecular flexibility index (Phi) is 4.93. The zero-order valence-electron chi connectivity index (χ0n) is 11.6. The highest BCUT2D eigenvalue weighted by atomic mass is 16.5. The van der Waals surface area contributed by atoms with E-state index in [0.29, 0.717) is 26.3 Å². The van der Waals surface area contributed by atoms with Gasteiger partial charge in [0.1, 0.15) is 0 Å². The van der Waals surface area contributed by atoms with Crippen LogP contribution in [0.2, 0.25) is 0 Å². The van der Waals surface area contributed by atoms with Gasteiger partial charge in [0.2, 0.25) is 5.91 Å². The molecular weight excluding hydrogens is 244 g/mol. The van der Waals surface area contributed by atoms with Crippen LogP contribution in [0.5, 0.6) is 0 Å². The number of rotatable bonds is 5. The maximum atomic E-state index is 12.2. The van der Waals surface area contributed by atoms with Gasteiger partial charge in [0.05, 0.1) is 25.8 Å². The average Bonchev–Trinajstić information content (AvgIpc) is 2.91. The van der Waals surface area contributed by atoms with Crippen LogP contribution in [-0.2, 0) is 16.1 Å². The molecule has 6 heteroatoms. The van der Waals surface area contributed by atoms with Crippen molar-refractivity contribution in [1.29, 1.82) is 0 Å². The lowest BCUT2D eigenvalue weighted by Gasteiger charge is -2.30. The molecule has 0 aromatic carbocycles. The summed E-state index contributed by atoms with van der Waals surface area (Å²) in [5, 5.41) is 7.49. The summed E-state index contributed by atoms with van der Waals surface area (Å²) >= 11 is 0. The van der Waals surface area contributed by atoms with Crippen LogP contribution in [0.15, 0.2) is 18.5 Å². The van der Waals surface area contributed by atoms with E-state index >= 15 is 0 Å². The van der Waals surface area contributed by atoms with Gasteiger partial charge in [0, 0.05) is 31.5 Å². The standard InChI is InChI=1S/C13H22N4O2/c1-11(10-17-5-3-4-14-17)15-12(2)13(18)16-6-8-19-9-7-16/h3-5,11-12,15H,6-10H2,1-2H3. The number of nitrogens with one attached hydrogen (secondary N) is 1. The van der Waals surface area contributed by atoms with Gasteiger partial charge in [0.15, 0.2) is 0 Å². The molecular formula is C13H22N4O2. The average molecular weight is 266 g/mol. The predicted octanol–water partition coefficient (Wildman–Crippen LogP) is 0.109. The first kappa shape index (κ1) is 14.0. The van der Waals surface area contributed by atoms with E-state index in [1.54, 1.807) is 6.20 Å². The van der Waals surface area contributed by atoms with Gasteiger partial charge in [-0.2, -0.15) is 5.10 Å². The van der Waals surface area contributed by atoms with Crippen LogP contribution >= 0.6 is 0 Å². The van der Waals surface area contributed by atoms with Crippen molar-refractivity contribution in [2.75, 3.05) is 26.3 Å². The molecule has 0 aliphatic carbocycles. The number of carbonyl (C=O) groups excluding carboxylic acids is 1. The monoisotopic (exact) mass is 266 g/mol. The Balaban J connectivity index is 1.78. The molecule has 0 spiro atoms. The van der Waals surface area contributed by atoms with E-state index in [-0.39, 0.29) is 18.0 Å². The third-order valence-electron chi connectivity index (χ3n) is 3.25. The van der Waals surface area contributed by atoms with Crippen molar-refractivity contribution in [3.63, 3.8) is 0 Å². The van der Waals surface area contributed by atoms with Gasteiger partial charge >= 0.3 is 0 Å². The zero-order chi connectivity index (χ0) is 13.7. The molecule has 1 amide bonds. The number of carbonyl (C=O) groups is 1. The molecule has 2 atom stereocenters. The summed E-state index contributed by atoms with van der Waals surface area (Å²) in [7, 11) is 0. The fourth-order valence-electron chi connectivity index (χ4n) is 2.30. The lowest BCUT2D eigenvalue weighted by atomic mass is 10.2. The Morgan fingerprint density at radius 2 is 2.16 bits per heavy atom. The Labute approximate surface area is 113 Å². The van der Waals surface area contributed by atoms with E-state index in [0.717, 1.165) is 6.54 Å². The maximum Gasteiger partial charge on any atom is 0.239 e. The summed E-state index contributed by atoms with van der Waals surface area (Å²) in [6.07, 6.45) is 3.68. The number of amides is 1. The van der Waals surface area contributed by atoms with E-state index in [1.165, 1.54) is 0 Å². The van der Waals surface area contributed by atoms with Crippen LogP contribution in [0, 0.1) is 0 Å². The SMILES string of the molecule is CC(Cn1cccn1)NC(C)C(=O)N1CCOCC1. The third-order valence-corrected chi connectivity index (χ3v) is 3.25. The summed E-state index contributed by atoms with van der Waals surface area (Å²) in [6, 6.07) is 1.92. The van der Waals surface area contributed by atoms with Crippen LogP contribution in [0.4, 0.5) is 0 Å². The quantitative estimate of drug-likeness (QED) is 0.822. The van der Waals surface area contributed by atoms with Crippen LogP contribution in [-0.4, -0.2) is 59.0 Å². The molecule has 1 N–H and O–H groups in total. The van der Waals surface area contributed by atoms with Crippen molar-refractivity contribution in [3.8, 4) is 0 Å². The minimum Gasteiger partial charge on any atom is -0.378 e. The fraction of sp³-hybridized carbons (Fsp3) is 0.692. The van der Waals surface area contributed by atoms with Crippen LogP contribution in [0.1, 0.15) is 13.8 Å². The molecule has 1 saturated heterocycles. The van der Waals surface area contributed by atoms with Crippen molar-refractivity contribution in [2.24, 2.45) is 0 Å². The van der Waals surface area contributed by atoms with Crippen molar-refractivity contribution in [2.45, 2.75) is 32.5 Å². The van der Waals surface area contributed by atoms with Crippen LogP contribution < -0.4 is 5.32 Å². The molecule has 6 nitrogen and oxygen atoms in total. The number of hydrogen-bond donors (Lipinski definition) is 1. The maximum absolute atomic E-state index is 12.2. The van der Waals surface area contributed by atoms with Gasteiger partial charge in [-0.15, -0.1) is 0 Å². The van der Waals surface area contributed by atoms with E-state index < -0.39 is 0 Å². The number of nitrogens with zero attached hydrogens (tertiary/aromatic N) is 3. The minimum atomic E-state index is -0.177. The first-order chi connectivity index (χ1) is 9.16. The molecule has 0 bridgehead atoms. The molecule has 1 aliphatic heterocycles. The number of ether oxygens (including phenoxy) is 1. The number of aromatic nitrogens is 2. The van der Waals surface area contributed by atoms with E-state index in [9.17, 15) is 4.79 Å². The molecule has 19 heavy (non-hydrogen) atoms. The van der Waals surface area contributed by atoms with Crippen LogP contribution in [0.3, 0.4) is 0 Å². The summed E-state index contributed by atoms with van der Waals surface area (Å²) in [6.45, 7) is 7.40. The van der Waals surface area contributed by atoms with Crippen molar-refractivity contribution in [1.82, 2.24) is 20.0 Å². The minimum absolute atomic E-state index is 0.149. The first-order valence-electron chi connectivity index (χ1n) is 6.77. The van der Waals surface area contributed by atoms with Gasteiger partial charge in [-0.05, 0) is 19.9 Å². The lowest BCUT2D eigenvalue weighted by molar-refractivity contribution is -0.137. The molecule has 1 aliphatic rings. The molecule has 106 valence electrons. The second-order valence-electron chi connectivity index (χ2n) is 4.96. The molecule has 1 fully saturated rings. The predicted molar refractivity (Wildman–Crippen MR) is 71.7 cm³/mol. The summed E-state index contributed by atoms with van der Waals surface area (Å²) in [5.74, 6) is 0.149. The Morgan fingerprint density at radius 1 is 1.42 bits per heavy atom. The Morgan fingerprint density at radius 3 is 2.79 bits per heavy atom. The Hall–Kier alpha value is -1.40. The fourth-order valence-corrected chi connectivity index (χ4v) is 2.30. The van der Waals surface area contributed by atoms with Crippen molar-refractivity contribution >= 4 is 5.91 Å². The van der Waals surface area contributed by atoms with Gasteiger partial charge in [-0.3, -0.25) is 9.48 Å². The topological polar surface area (TPSA) is 59.4 Å². The highest BCUT2D eigenvalue weighted by molar-refractivity contribution is 5.81. The van der Waals surface area contributed by atoms with Gasteiger partial charge in [0.25, 0.3) is 0 Å². The number of hydrogen-bond acceptors (Lipinski definition) is 4. The Bertz CT molecular complexity index is 387. The zero-order valence-corrected chi connectivity index (χ0v) is 11.6. The van der Waals surface area contributed by atoms with Crippen LogP contribution in [0.25, 0.3) is 0 Å². The molecule has 1 aromatic heterocycles. The lowest BCUT2D eigenvalue weighted by Crippen LogP contribution is -2.51. The van der Waals surface area contributed by atoms with E-state index in [2.05, 4.69) is 17.3 Å². The second-order valence-corrected chi connectivity index (χ2v) is 4.96. The van der Waals surface area contributed by atoms with Gasteiger partial charge in [-0.25, -0.2) is 0 Å². The van der Waals surface area contributed by atoms with Gasteiger partial charge in [-0.1, -0.05) is 0 Å². The summed E-state index contributed by atoms with van der Waals surface area (Å²) in [5.41, 5.74) is 0. The number of morpholine rings is 1.